The summed E-state index contributed by atoms with van der Waals surface area (Å²) in [5.74, 6) is -0.113. The molecule has 8 heteroatoms. The first kappa shape index (κ1) is 20.4. The van der Waals surface area contributed by atoms with Crippen molar-refractivity contribution in [3.05, 3.63) is 82.4 Å². The number of nitrogens with zero attached hydrogens (tertiary/aromatic N) is 4. The normalized spacial score (nSPS) is 14.8. The van der Waals surface area contributed by atoms with Gasteiger partial charge in [-0.25, -0.2) is 4.98 Å². The van der Waals surface area contributed by atoms with E-state index in [1.165, 1.54) is 0 Å². The highest BCUT2D eigenvalue weighted by Crippen LogP contribution is 2.15. The molecule has 0 atom stereocenters. The Bertz CT molecular complexity index is 1320. The summed E-state index contributed by atoms with van der Waals surface area (Å²) in [6.45, 7) is 5.01. The molecule has 3 aromatic heterocycles. The first-order valence-electron chi connectivity index (χ1n) is 10.8. The third-order valence-electron chi connectivity index (χ3n) is 5.84. The van der Waals surface area contributed by atoms with Crippen molar-refractivity contribution in [1.29, 1.82) is 0 Å². The molecule has 0 radical (unpaired) electrons. The average molecular weight is 431 g/mol. The summed E-state index contributed by atoms with van der Waals surface area (Å²) in [6, 6.07) is 14.9. The van der Waals surface area contributed by atoms with Crippen LogP contribution in [0.15, 0.2) is 65.7 Å². The number of fused-ring (bicyclic) bond motifs is 3. The van der Waals surface area contributed by atoms with Crippen molar-refractivity contribution < 1.29 is 9.53 Å². The topological polar surface area (TPSA) is 80.9 Å². The van der Waals surface area contributed by atoms with E-state index in [9.17, 15) is 9.59 Å². The summed E-state index contributed by atoms with van der Waals surface area (Å²) in [5.41, 5.74) is 3.42. The van der Waals surface area contributed by atoms with Gasteiger partial charge in [-0.15, -0.1) is 0 Å². The first-order valence-corrected chi connectivity index (χ1v) is 10.8. The van der Waals surface area contributed by atoms with Gasteiger partial charge in [0.2, 0.25) is 0 Å². The van der Waals surface area contributed by atoms with Crippen molar-refractivity contribution in [2.75, 3.05) is 39.4 Å². The number of benzene rings is 1. The number of hydrogen-bond donors (Lipinski definition) is 1. The number of hydrogen-bond acceptors (Lipinski definition) is 5. The van der Waals surface area contributed by atoms with E-state index >= 15 is 0 Å². The molecule has 1 aromatic carbocycles. The summed E-state index contributed by atoms with van der Waals surface area (Å²) >= 11 is 0. The van der Waals surface area contributed by atoms with E-state index < -0.39 is 0 Å². The van der Waals surface area contributed by atoms with E-state index in [1.54, 1.807) is 16.8 Å². The number of morpholine rings is 1. The van der Waals surface area contributed by atoms with E-state index in [1.807, 2.05) is 53.1 Å². The Morgan fingerprint density at radius 3 is 2.78 bits per heavy atom. The lowest BCUT2D eigenvalue weighted by molar-refractivity contribution is 0.0383. The zero-order valence-corrected chi connectivity index (χ0v) is 17.7. The molecular formula is C24H25N5O3. The number of carbonyl (C=O) groups is 1. The predicted octanol–water partition coefficient (Wildman–Crippen LogP) is 1.76. The lowest BCUT2D eigenvalue weighted by atomic mass is 10.1. The molecule has 1 N–H and O–H groups in total. The number of nitrogens with one attached hydrogen (secondary N) is 1. The zero-order valence-electron chi connectivity index (χ0n) is 17.7. The molecule has 0 aliphatic carbocycles. The quantitative estimate of drug-likeness (QED) is 0.503. The van der Waals surface area contributed by atoms with Gasteiger partial charge in [0.15, 0.2) is 5.65 Å². The molecule has 4 aromatic rings. The minimum Gasteiger partial charge on any atom is -0.379 e. The molecule has 4 heterocycles. The van der Waals surface area contributed by atoms with Crippen molar-refractivity contribution in [2.45, 2.75) is 6.54 Å². The van der Waals surface area contributed by atoms with Gasteiger partial charge in [0.05, 0.1) is 25.3 Å². The molecule has 1 saturated heterocycles. The number of rotatable bonds is 6. The maximum Gasteiger partial charge on any atom is 0.276 e. The Kier molecular flexibility index (Phi) is 5.70. The van der Waals surface area contributed by atoms with Gasteiger partial charge >= 0.3 is 0 Å². The van der Waals surface area contributed by atoms with Crippen LogP contribution in [-0.4, -0.2) is 64.2 Å². The molecule has 0 bridgehead atoms. The molecule has 1 aliphatic rings. The Morgan fingerprint density at radius 1 is 1.06 bits per heavy atom. The van der Waals surface area contributed by atoms with Gasteiger partial charge in [0.1, 0.15) is 5.52 Å². The molecule has 164 valence electrons. The summed E-state index contributed by atoms with van der Waals surface area (Å²) in [5, 5.41) is 2.99. The highest BCUT2D eigenvalue weighted by atomic mass is 16.5. The number of pyridine rings is 1. The molecule has 0 unspecified atom stereocenters. The van der Waals surface area contributed by atoms with Gasteiger partial charge in [0.25, 0.3) is 11.5 Å². The van der Waals surface area contributed by atoms with Crippen LogP contribution in [0.1, 0.15) is 15.9 Å². The van der Waals surface area contributed by atoms with Crippen molar-refractivity contribution in [3.8, 4) is 0 Å². The summed E-state index contributed by atoms with van der Waals surface area (Å²) in [7, 11) is 0. The second kappa shape index (κ2) is 8.94. The maximum atomic E-state index is 13.1. The van der Waals surface area contributed by atoms with Gasteiger partial charge in [-0.1, -0.05) is 12.1 Å². The van der Waals surface area contributed by atoms with Crippen molar-refractivity contribution in [2.24, 2.45) is 0 Å². The highest BCUT2D eigenvalue weighted by molar-refractivity contribution is 5.94. The van der Waals surface area contributed by atoms with Crippen molar-refractivity contribution >= 4 is 22.6 Å². The Labute approximate surface area is 185 Å². The highest BCUT2D eigenvalue weighted by Gasteiger charge is 2.14. The second-order valence-electron chi connectivity index (χ2n) is 7.91. The monoisotopic (exact) mass is 431 g/mol. The van der Waals surface area contributed by atoms with Gasteiger partial charge in [0, 0.05) is 44.1 Å². The smallest absolute Gasteiger partial charge is 0.276 e. The molecule has 5 rings (SSSR count). The van der Waals surface area contributed by atoms with Crippen LogP contribution in [-0.2, 0) is 11.3 Å². The van der Waals surface area contributed by atoms with Crippen molar-refractivity contribution in [3.63, 3.8) is 0 Å². The molecular weight excluding hydrogens is 406 g/mol. The third-order valence-corrected chi connectivity index (χ3v) is 5.84. The van der Waals surface area contributed by atoms with Gasteiger partial charge in [-0.05, 0) is 42.0 Å². The molecule has 0 saturated carbocycles. The Morgan fingerprint density at radius 2 is 1.91 bits per heavy atom. The van der Waals surface area contributed by atoms with E-state index in [4.69, 9.17) is 4.74 Å². The van der Waals surface area contributed by atoms with Gasteiger partial charge in [-0.3, -0.25) is 19.1 Å². The Balaban J connectivity index is 1.36. The van der Waals surface area contributed by atoms with Crippen LogP contribution in [0.5, 0.6) is 0 Å². The van der Waals surface area contributed by atoms with Crippen LogP contribution in [0.2, 0.25) is 0 Å². The molecule has 0 spiro atoms. The SMILES string of the molecule is O=C(NCCN1CCOCC1)c1cccc(Cn2c(=O)c3cccn3c3cccnc32)c1. The largest absolute Gasteiger partial charge is 0.379 e. The second-order valence-corrected chi connectivity index (χ2v) is 7.91. The molecule has 1 amide bonds. The van der Waals surface area contributed by atoms with E-state index in [0.717, 1.165) is 43.9 Å². The maximum absolute atomic E-state index is 13.1. The van der Waals surface area contributed by atoms with Crippen LogP contribution in [0, 0.1) is 0 Å². The van der Waals surface area contributed by atoms with Crippen LogP contribution in [0.4, 0.5) is 0 Å². The molecule has 1 fully saturated rings. The van der Waals surface area contributed by atoms with Crippen molar-refractivity contribution in [1.82, 2.24) is 24.2 Å². The number of amides is 1. The fourth-order valence-electron chi connectivity index (χ4n) is 4.18. The van der Waals surface area contributed by atoms with Crippen LogP contribution in [0.3, 0.4) is 0 Å². The number of carbonyl (C=O) groups excluding carboxylic acids is 1. The van der Waals surface area contributed by atoms with Crippen LogP contribution >= 0.6 is 0 Å². The minimum atomic E-state index is -0.113. The molecule has 1 aliphatic heterocycles. The summed E-state index contributed by atoms with van der Waals surface area (Å²) < 4.78 is 8.88. The van der Waals surface area contributed by atoms with E-state index in [0.29, 0.717) is 29.8 Å². The summed E-state index contributed by atoms with van der Waals surface area (Å²) in [6.07, 6.45) is 3.55. The first-order chi connectivity index (χ1) is 15.7. The number of aromatic nitrogens is 3. The van der Waals surface area contributed by atoms with Gasteiger partial charge in [-0.2, -0.15) is 0 Å². The lowest BCUT2D eigenvalue weighted by Crippen LogP contribution is -2.41. The predicted molar refractivity (Wildman–Crippen MR) is 122 cm³/mol. The fraction of sp³-hybridized carbons (Fsp3) is 0.292. The lowest BCUT2D eigenvalue weighted by Gasteiger charge is -2.26. The average Bonchev–Trinajstić information content (AvgIpc) is 3.33. The summed E-state index contributed by atoms with van der Waals surface area (Å²) in [4.78, 5) is 32.5. The minimum absolute atomic E-state index is 0.110. The molecule has 32 heavy (non-hydrogen) atoms. The van der Waals surface area contributed by atoms with Gasteiger partial charge < -0.3 is 14.5 Å². The van der Waals surface area contributed by atoms with E-state index in [-0.39, 0.29) is 11.5 Å². The standard InChI is InChI=1S/C24H25N5O3/c30-23(26-9-11-27-12-14-32-15-13-27)19-5-1-4-18(16-19)17-29-22-20(6-2-8-25-22)28-10-3-7-21(28)24(29)31/h1-8,10,16H,9,11-15,17H2,(H,26,30). The zero-order chi connectivity index (χ0) is 21.9. The molecule has 8 nitrogen and oxygen atoms in total. The Hall–Kier alpha value is -3.49. The third kappa shape index (κ3) is 4.02. The van der Waals surface area contributed by atoms with Crippen LogP contribution in [0.25, 0.3) is 16.7 Å². The van der Waals surface area contributed by atoms with Crippen LogP contribution < -0.4 is 10.9 Å². The number of ether oxygens (including phenoxy) is 1. The van der Waals surface area contributed by atoms with E-state index in [2.05, 4.69) is 15.2 Å². The fourth-order valence-corrected chi connectivity index (χ4v) is 4.18.